The number of nitrogens with zero attached hydrogens (tertiary/aromatic N) is 3. The van der Waals surface area contributed by atoms with Gasteiger partial charge in [0.1, 0.15) is 11.6 Å². The first kappa shape index (κ1) is 21.2. The Morgan fingerprint density at radius 1 is 1.12 bits per heavy atom. The van der Waals surface area contributed by atoms with Gasteiger partial charge in [-0.25, -0.2) is 9.29 Å². The lowest BCUT2D eigenvalue weighted by Crippen LogP contribution is -2.46. The zero-order chi connectivity index (χ0) is 23.4. The van der Waals surface area contributed by atoms with E-state index in [-0.39, 0.29) is 34.5 Å². The van der Waals surface area contributed by atoms with Crippen LogP contribution in [0.1, 0.15) is 23.2 Å². The van der Waals surface area contributed by atoms with Gasteiger partial charge in [-0.05, 0) is 49.7 Å². The summed E-state index contributed by atoms with van der Waals surface area (Å²) < 4.78 is 18.6. The number of ether oxygens (including phenoxy) is 1. The van der Waals surface area contributed by atoms with E-state index in [1.807, 2.05) is 4.90 Å². The molecule has 9 nitrogen and oxygen atoms in total. The van der Waals surface area contributed by atoms with Crippen LogP contribution in [-0.2, 0) is 9.59 Å². The molecule has 0 saturated carbocycles. The molecule has 3 aliphatic heterocycles. The van der Waals surface area contributed by atoms with Crippen LogP contribution >= 0.6 is 0 Å². The SMILES string of the molecule is COc1cc([N+](=O)[O-])ccc1N1C(=O)[C@@H]2[C@H](C1=O)[C@@H]1CCCN1[C@@H]2C(=O)c1ccc(F)cc1. The standard InChI is InChI=1S/C23H20FN3O6/c1-33-17-11-14(27(31)32)8-9-15(17)26-22(29)18-16-3-2-10-25(16)20(19(18)23(26)30)21(28)12-4-6-13(24)7-5-12/h4-9,11,16,18-20H,2-3,10H2,1H3/t16-,18+,19+,20-/m0/s1. The fraction of sp³-hybridized carbons (Fsp3) is 0.348. The van der Waals surface area contributed by atoms with Crippen LogP contribution in [0.2, 0.25) is 0 Å². The number of fused-ring (bicyclic) bond motifs is 3. The summed E-state index contributed by atoms with van der Waals surface area (Å²) >= 11 is 0. The average molecular weight is 453 g/mol. The largest absolute Gasteiger partial charge is 0.494 e. The normalized spacial score (nSPS) is 26.4. The molecule has 0 bridgehead atoms. The molecule has 3 saturated heterocycles. The Kier molecular flexibility index (Phi) is 4.97. The fourth-order valence-electron chi connectivity index (χ4n) is 5.50. The van der Waals surface area contributed by atoms with Gasteiger partial charge in [0.15, 0.2) is 5.78 Å². The number of methoxy groups -OCH3 is 1. The first-order valence-electron chi connectivity index (χ1n) is 10.6. The number of non-ortho nitro benzene ring substituents is 1. The number of amides is 2. The molecule has 0 aliphatic carbocycles. The molecular formula is C23H20FN3O6. The minimum Gasteiger partial charge on any atom is -0.494 e. The predicted octanol–water partition coefficient (Wildman–Crippen LogP) is 2.58. The molecule has 3 heterocycles. The second-order valence-corrected chi connectivity index (χ2v) is 8.44. The average Bonchev–Trinajstić information content (AvgIpc) is 3.45. The number of carbonyl (C=O) groups excluding carboxylic acids is 3. The highest BCUT2D eigenvalue weighted by molar-refractivity contribution is 6.25. The second-order valence-electron chi connectivity index (χ2n) is 8.44. The van der Waals surface area contributed by atoms with E-state index >= 15 is 0 Å². The van der Waals surface area contributed by atoms with Gasteiger partial charge in [0.25, 0.3) is 5.69 Å². The summed E-state index contributed by atoms with van der Waals surface area (Å²) in [7, 11) is 1.30. The van der Waals surface area contributed by atoms with E-state index in [1.165, 1.54) is 43.5 Å². The van der Waals surface area contributed by atoms with Crippen LogP contribution in [0.3, 0.4) is 0 Å². The Hall–Kier alpha value is -3.66. The van der Waals surface area contributed by atoms with Crippen molar-refractivity contribution in [3.63, 3.8) is 0 Å². The molecule has 5 rings (SSSR count). The number of hydrogen-bond donors (Lipinski definition) is 0. The molecule has 3 aliphatic rings. The Bertz CT molecular complexity index is 1180. The van der Waals surface area contributed by atoms with Crippen molar-refractivity contribution in [2.75, 3.05) is 18.6 Å². The van der Waals surface area contributed by atoms with Gasteiger partial charge >= 0.3 is 0 Å². The van der Waals surface area contributed by atoms with E-state index < -0.39 is 40.4 Å². The molecule has 2 amide bonds. The summed E-state index contributed by atoms with van der Waals surface area (Å²) in [6.07, 6.45) is 1.47. The quantitative estimate of drug-likeness (QED) is 0.296. The van der Waals surface area contributed by atoms with Crippen molar-refractivity contribution in [2.24, 2.45) is 11.8 Å². The van der Waals surface area contributed by atoms with Crippen LogP contribution in [0, 0.1) is 27.8 Å². The molecule has 33 heavy (non-hydrogen) atoms. The lowest BCUT2D eigenvalue weighted by Gasteiger charge is -2.28. The van der Waals surface area contributed by atoms with E-state index in [2.05, 4.69) is 0 Å². The second kappa shape index (κ2) is 7.73. The third-order valence-corrected chi connectivity index (χ3v) is 6.86. The number of nitro groups is 1. The Morgan fingerprint density at radius 3 is 2.48 bits per heavy atom. The van der Waals surface area contributed by atoms with Crippen molar-refractivity contribution >= 4 is 29.0 Å². The highest BCUT2D eigenvalue weighted by Crippen LogP contribution is 2.49. The molecule has 2 aromatic carbocycles. The molecular weight excluding hydrogens is 433 g/mol. The number of rotatable bonds is 5. The number of ketones is 1. The molecule has 0 unspecified atom stereocenters. The Morgan fingerprint density at radius 2 is 1.82 bits per heavy atom. The van der Waals surface area contributed by atoms with E-state index in [0.717, 1.165) is 17.4 Å². The van der Waals surface area contributed by atoms with Crippen LogP contribution in [0.4, 0.5) is 15.8 Å². The third kappa shape index (κ3) is 3.12. The predicted molar refractivity (Wildman–Crippen MR) is 113 cm³/mol. The van der Waals surface area contributed by atoms with Crippen molar-refractivity contribution in [2.45, 2.75) is 24.9 Å². The van der Waals surface area contributed by atoms with Crippen LogP contribution in [-0.4, -0.2) is 53.2 Å². The number of imide groups is 1. The van der Waals surface area contributed by atoms with E-state index in [4.69, 9.17) is 4.74 Å². The molecule has 0 N–H and O–H groups in total. The van der Waals surface area contributed by atoms with Crippen LogP contribution < -0.4 is 9.64 Å². The molecule has 0 spiro atoms. The highest BCUT2D eigenvalue weighted by atomic mass is 19.1. The summed E-state index contributed by atoms with van der Waals surface area (Å²) in [5.74, 6) is -3.34. The van der Waals surface area contributed by atoms with Gasteiger partial charge in [-0.3, -0.25) is 29.4 Å². The smallest absolute Gasteiger partial charge is 0.273 e. The summed E-state index contributed by atoms with van der Waals surface area (Å²) in [6.45, 7) is 0.594. The number of Topliss-reactive ketones (excluding diaryl/α,β-unsaturated/α-hetero) is 1. The number of hydrogen-bond acceptors (Lipinski definition) is 7. The lowest BCUT2D eigenvalue weighted by molar-refractivity contribution is -0.384. The minimum absolute atomic E-state index is 0.0237. The van der Waals surface area contributed by atoms with Gasteiger partial charge < -0.3 is 4.74 Å². The molecule has 0 radical (unpaired) electrons. The highest BCUT2D eigenvalue weighted by Gasteiger charge is 2.65. The maximum atomic E-state index is 13.6. The molecule has 4 atom stereocenters. The minimum atomic E-state index is -0.889. The monoisotopic (exact) mass is 453 g/mol. The molecule has 10 heteroatoms. The van der Waals surface area contributed by atoms with Crippen LogP contribution in [0.15, 0.2) is 42.5 Å². The number of anilines is 1. The van der Waals surface area contributed by atoms with Gasteiger partial charge in [-0.2, -0.15) is 0 Å². The first-order valence-corrected chi connectivity index (χ1v) is 10.6. The van der Waals surface area contributed by atoms with Crippen molar-refractivity contribution in [3.05, 3.63) is 64.0 Å². The third-order valence-electron chi connectivity index (χ3n) is 6.86. The lowest BCUT2D eigenvalue weighted by atomic mass is 9.85. The van der Waals surface area contributed by atoms with Gasteiger partial charge in [0, 0.05) is 17.7 Å². The molecule has 170 valence electrons. The number of carbonyl (C=O) groups is 3. The van der Waals surface area contributed by atoms with Crippen molar-refractivity contribution in [1.29, 1.82) is 0 Å². The first-order chi connectivity index (χ1) is 15.8. The summed E-state index contributed by atoms with van der Waals surface area (Å²) in [6, 6.07) is 7.74. The van der Waals surface area contributed by atoms with Crippen molar-refractivity contribution < 1.29 is 28.4 Å². The zero-order valence-electron chi connectivity index (χ0n) is 17.6. The topological polar surface area (TPSA) is 110 Å². The van der Waals surface area contributed by atoms with E-state index in [0.29, 0.717) is 13.0 Å². The van der Waals surface area contributed by atoms with Gasteiger partial charge in [-0.15, -0.1) is 0 Å². The maximum absolute atomic E-state index is 13.6. The number of nitro benzene ring substituents is 1. The van der Waals surface area contributed by atoms with E-state index in [1.54, 1.807) is 0 Å². The van der Waals surface area contributed by atoms with Crippen molar-refractivity contribution in [3.8, 4) is 5.75 Å². The molecule has 2 aromatic rings. The summed E-state index contributed by atoms with van der Waals surface area (Å²) in [5.41, 5.74) is 0.158. The van der Waals surface area contributed by atoms with Crippen LogP contribution in [0.25, 0.3) is 0 Å². The summed E-state index contributed by atoms with van der Waals surface area (Å²) in [5, 5.41) is 11.1. The number of benzene rings is 2. The van der Waals surface area contributed by atoms with E-state index in [9.17, 15) is 28.9 Å². The van der Waals surface area contributed by atoms with Gasteiger partial charge in [-0.1, -0.05) is 0 Å². The zero-order valence-corrected chi connectivity index (χ0v) is 17.6. The molecule has 3 fully saturated rings. The molecule has 0 aromatic heterocycles. The Balaban J connectivity index is 1.55. The summed E-state index contributed by atoms with van der Waals surface area (Å²) in [4.78, 5) is 54.0. The number of halogens is 1. The van der Waals surface area contributed by atoms with Crippen LogP contribution in [0.5, 0.6) is 5.75 Å². The van der Waals surface area contributed by atoms with Gasteiger partial charge in [0.05, 0.1) is 41.7 Å². The van der Waals surface area contributed by atoms with Gasteiger partial charge in [0.2, 0.25) is 11.8 Å². The maximum Gasteiger partial charge on any atom is 0.273 e. The van der Waals surface area contributed by atoms with Crippen molar-refractivity contribution in [1.82, 2.24) is 4.90 Å². The Labute approximate surface area is 187 Å². The fourth-order valence-corrected chi connectivity index (χ4v) is 5.50.